The van der Waals surface area contributed by atoms with Crippen LogP contribution in [-0.4, -0.2) is 46.3 Å². The molecule has 5 nitrogen and oxygen atoms in total. The molecule has 19 heavy (non-hydrogen) atoms. The van der Waals surface area contributed by atoms with Crippen LogP contribution in [0.3, 0.4) is 0 Å². The predicted molar refractivity (Wildman–Crippen MR) is 78.9 cm³/mol. The van der Waals surface area contributed by atoms with Crippen molar-refractivity contribution in [3.63, 3.8) is 0 Å². The van der Waals surface area contributed by atoms with Crippen molar-refractivity contribution < 1.29 is 13.2 Å². The number of thioether (sulfide) groups is 1. The number of rotatable bonds is 7. The summed E-state index contributed by atoms with van der Waals surface area (Å²) >= 11 is 1.54. The topological polar surface area (TPSA) is 72.6 Å². The van der Waals surface area contributed by atoms with Gasteiger partial charge in [-0.1, -0.05) is 6.07 Å². The van der Waals surface area contributed by atoms with Crippen molar-refractivity contribution in [3.05, 3.63) is 18.2 Å². The Morgan fingerprint density at radius 2 is 2.05 bits per heavy atom. The summed E-state index contributed by atoms with van der Waals surface area (Å²) in [6.07, 6.45) is 0.894. The van der Waals surface area contributed by atoms with Crippen molar-refractivity contribution in [2.45, 2.75) is 16.2 Å². The zero-order chi connectivity index (χ0) is 14.5. The van der Waals surface area contributed by atoms with Gasteiger partial charge < -0.3 is 10.5 Å². The number of para-hydroxylation sites is 1. The average molecular weight is 304 g/mol. The summed E-state index contributed by atoms with van der Waals surface area (Å²) in [6.45, 7) is 0.683. The highest BCUT2D eigenvalue weighted by molar-refractivity contribution is 7.99. The zero-order valence-electron chi connectivity index (χ0n) is 11.4. The minimum atomic E-state index is -3.50. The van der Waals surface area contributed by atoms with E-state index in [2.05, 4.69) is 0 Å². The molecule has 1 aromatic rings. The van der Waals surface area contributed by atoms with E-state index in [9.17, 15) is 8.42 Å². The summed E-state index contributed by atoms with van der Waals surface area (Å²) in [5, 5.41) is 0. The smallest absolute Gasteiger partial charge is 0.244 e. The van der Waals surface area contributed by atoms with E-state index in [1.807, 2.05) is 6.07 Å². The Hall–Kier alpha value is -0.760. The van der Waals surface area contributed by atoms with Crippen molar-refractivity contribution in [3.8, 4) is 0 Å². The summed E-state index contributed by atoms with van der Waals surface area (Å²) in [4.78, 5) is 0.952. The molecule has 0 spiro atoms. The number of hydrogen-bond acceptors (Lipinski definition) is 5. The number of anilines is 1. The summed E-state index contributed by atoms with van der Waals surface area (Å²) in [7, 11) is 1.15. The standard InChI is InChI=1S/C12H20N2O3S2/c1-14(2)19(15,16)11-7-4-6-10(12(11)13)18-9-5-8-17-3/h4,6-7H,5,8-9,13H2,1-3H3. The zero-order valence-corrected chi connectivity index (χ0v) is 13.1. The Labute approximate surface area is 119 Å². The van der Waals surface area contributed by atoms with E-state index < -0.39 is 10.0 Å². The van der Waals surface area contributed by atoms with Crippen molar-refractivity contribution in [2.24, 2.45) is 0 Å². The van der Waals surface area contributed by atoms with Crippen LogP contribution < -0.4 is 5.73 Å². The molecular weight excluding hydrogens is 284 g/mol. The number of ether oxygens (including phenoxy) is 1. The Bertz CT molecular complexity index is 516. The summed E-state index contributed by atoms with van der Waals surface area (Å²) in [6, 6.07) is 5.08. The number of nitrogens with zero attached hydrogens (tertiary/aromatic N) is 1. The lowest BCUT2D eigenvalue weighted by atomic mass is 10.3. The molecule has 0 aliphatic rings. The lowest BCUT2D eigenvalue weighted by molar-refractivity contribution is 0.200. The number of methoxy groups -OCH3 is 1. The summed E-state index contributed by atoms with van der Waals surface area (Å²) in [5.74, 6) is 0.837. The second-order valence-corrected chi connectivity index (χ2v) is 7.41. The van der Waals surface area contributed by atoms with Gasteiger partial charge in [-0.2, -0.15) is 0 Å². The van der Waals surface area contributed by atoms with Gasteiger partial charge in [-0.3, -0.25) is 0 Å². The molecule has 0 saturated heterocycles. The van der Waals surface area contributed by atoms with E-state index in [1.165, 1.54) is 20.2 Å². The van der Waals surface area contributed by atoms with Gasteiger partial charge in [0.2, 0.25) is 10.0 Å². The number of nitrogen functional groups attached to an aromatic ring is 1. The van der Waals surface area contributed by atoms with Crippen LogP contribution in [0.5, 0.6) is 0 Å². The number of benzene rings is 1. The molecule has 2 N–H and O–H groups in total. The van der Waals surface area contributed by atoms with Gasteiger partial charge in [0.15, 0.2) is 0 Å². The van der Waals surface area contributed by atoms with E-state index in [-0.39, 0.29) is 4.90 Å². The molecule has 0 saturated carbocycles. The fourth-order valence-electron chi connectivity index (χ4n) is 1.46. The van der Waals surface area contributed by atoms with E-state index in [0.717, 1.165) is 21.4 Å². The van der Waals surface area contributed by atoms with Crippen LogP contribution in [0.15, 0.2) is 28.0 Å². The van der Waals surface area contributed by atoms with Crippen LogP contribution >= 0.6 is 11.8 Å². The first kappa shape index (κ1) is 16.3. The minimum Gasteiger partial charge on any atom is -0.397 e. The van der Waals surface area contributed by atoms with Crippen LogP contribution in [-0.2, 0) is 14.8 Å². The highest BCUT2D eigenvalue weighted by Crippen LogP contribution is 2.31. The van der Waals surface area contributed by atoms with Gasteiger partial charge >= 0.3 is 0 Å². The molecule has 7 heteroatoms. The van der Waals surface area contributed by atoms with E-state index in [1.54, 1.807) is 24.9 Å². The SMILES string of the molecule is COCCCSc1cccc(S(=O)(=O)N(C)C)c1N. The maximum atomic E-state index is 12.1. The molecule has 0 atom stereocenters. The van der Waals surface area contributed by atoms with Crippen molar-refractivity contribution in [2.75, 3.05) is 39.3 Å². The number of hydrogen-bond donors (Lipinski definition) is 1. The summed E-state index contributed by atoms with van der Waals surface area (Å²) in [5.41, 5.74) is 6.28. The molecule has 0 aliphatic carbocycles. The Balaban J connectivity index is 2.93. The molecule has 0 bridgehead atoms. The molecule has 0 heterocycles. The molecule has 108 valence electrons. The molecule has 0 unspecified atom stereocenters. The minimum absolute atomic E-state index is 0.161. The van der Waals surface area contributed by atoms with Crippen molar-refractivity contribution in [1.82, 2.24) is 4.31 Å². The van der Waals surface area contributed by atoms with Crippen molar-refractivity contribution in [1.29, 1.82) is 0 Å². The van der Waals surface area contributed by atoms with Crippen molar-refractivity contribution >= 4 is 27.5 Å². The number of sulfonamides is 1. The van der Waals surface area contributed by atoms with E-state index >= 15 is 0 Å². The molecule has 0 amide bonds. The van der Waals surface area contributed by atoms with E-state index in [0.29, 0.717) is 12.3 Å². The van der Waals surface area contributed by atoms with Gasteiger partial charge in [-0.05, 0) is 18.6 Å². The first-order valence-electron chi connectivity index (χ1n) is 5.84. The normalized spacial score (nSPS) is 12.0. The Morgan fingerprint density at radius 1 is 1.37 bits per heavy atom. The molecule has 1 aromatic carbocycles. The predicted octanol–water partition coefficient (Wildman–Crippen LogP) is 1.65. The lowest BCUT2D eigenvalue weighted by Gasteiger charge is -2.15. The fraction of sp³-hybridized carbons (Fsp3) is 0.500. The monoisotopic (exact) mass is 304 g/mol. The first-order chi connectivity index (χ1) is 8.91. The molecule has 0 radical (unpaired) electrons. The Kier molecular flexibility index (Phi) is 6.12. The van der Waals surface area contributed by atoms with Gasteiger partial charge in [0.05, 0.1) is 5.69 Å². The maximum absolute atomic E-state index is 12.1. The third-order valence-corrected chi connectivity index (χ3v) is 5.57. The fourth-order valence-corrected chi connectivity index (χ4v) is 3.48. The van der Waals surface area contributed by atoms with Gasteiger partial charge in [-0.25, -0.2) is 12.7 Å². The molecular formula is C12H20N2O3S2. The van der Waals surface area contributed by atoms with Crippen LogP contribution in [0.1, 0.15) is 6.42 Å². The Morgan fingerprint density at radius 3 is 2.63 bits per heavy atom. The van der Waals surface area contributed by atoms with Gasteiger partial charge in [-0.15, -0.1) is 11.8 Å². The second kappa shape index (κ2) is 7.14. The third kappa shape index (κ3) is 4.10. The molecule has 0 fully saturated rings. The van der Waals surface area contributed by atoms with E-state index in [4.69, 9.17) is 10.5 Å². The lowest BCUT2D eigenvalue weighted by Crippen LogP contribution is -2.23. The first-order valence-corrected chi connectivity index (χ1v) is 8.26. The number of nitrogens with two attached hydrogens (primary N) is 1. The van der Waals surface area contributed by atoms with Crippen LogP contribution in [0.2, 0.25) is 0 Å². The molecule has 1 rings (SSSR count). The van der Waals surface area contributed by atoms with Crippen LogP contribution in [0, 0.1) is 0 Å². The largest absolute Gasteiger partial charge is 0.397 e. The third-order valence-electron chi connectivity index (χ3n) is 2.54. The van der Waals surface area contributed by atoms with Crippen LogP contribution in [0.25, 0.3) is 0 Å². The highest BCUT2D eigenvalue weighted by atomic mass is 32.2. The molecule has 0 aliphatic heterocycles. The van der Waals surface area contributed by atoms with Gasteiger partial charge in [0.25, 0.3) is 0 Å². The second-order valence-electron chi connectivity index (χ2n) is 4.15. The highest BCUT2D eigenvalue weighted by Gasteiger charge is 2.21. The maximum Gasteiger partial charge on any atom is 0.244 e. The quantitative estimate of drug-likeness (QED) is 0.471. The average Bonchev–Trinajstić information content (AvgIpc) is 2.36. The van der Waals surface area contributed by atoms with Crippen LogP contribution in [0.4, 0.5) is 5.69 Å². The molecule has 0 aromatic heterocycles. The van der Waals surface area contributed by atoms with Gasteiger partial charge in [0, 0.05) is 38.5 Å². The summed E-state index contributed by atoms with van der Waals surface area (Å²) < 4.78 is 30.3. The van der Waals surface area contributed by atoms with Gasteiger partial charge in [0.1, 0.15) is 4.90 Å².